The molecule has 7 heteroatoms. The lowest BCUT2D eigenvalue weighted by atomic mass is 10.1. The van der Waals surface area contributed by atoms with E-state index >= 15 is 0 Å². The third-order valence-corrected chi connectivity index (χ3v) is 5.32. The minimum atomic E-state index is -0.218. The van der Waals surface area contributed by atoms with Gasteiger partial charge in [0, 0.05) is 6.54 Å². The number of H-pyrrole nitrogens is 1. The molecule has 1 aromatic carbocycles. The van der Waals surface area contributed by atoms with Gasteiger partial charge in [0.15, 0.2) is 0 Å². The van der Waals surface area contributed by atoms with E-state index in [1.807, 2.05) is 43.3 Å². The second-order valence-corrected chi connectivity index (χ2v) is 7.34. The van der Waals surface area contributed by atoms with Gasteiger partial charge >= 0.3 is 6.03 Å². The molecule has 1 aliphatic rings. The first-order valence-electron chi connectivity index (χ1n) is 9.97. The Balaban J connectivity index is 1.36. The van der Waals surface area contributed by atoms with Crippen LogP contribution in [0.4, 0.5) is 4.79 Å². The molecule has 2 amide bonds. The van der Waals surface area contributed by atoms with Crippen LogP contribution < -0.4 is 10.6 Å². The molecule has 0 saturated carbocycles. The third-order valence-electron chi connectivity index (χ3n) is 5.32. The van der Waals surface area contributed by atoms with Gasteiger partial charge in [-0.15, -0.1) is 0 Å². The predicted molar refractivity (Wildman–Crippen MR) is 108 cm³/mol. The van der Waals surface area contributed by atoms with E-state index in [1.54, 1.807) is 6.26 Å². The smallest absolute Gasteiger partial charge is 0.315 e. The highest BCUT2D eigenvalue weighted by Crippen LogP contribution is 2.24. The number of aromatic nitrogens is 2. The van der Waals surface area contributed by atoms with Crippen molar-refractivity contribution in [3.05, 3.63) is 54.2 Å². The van der Waals surface area contributed by atoms with E-state index in [-0.39, 0.29) is 18.1 Å². The summed E-state index contributed by atoms with van der Waals surface area (Å²) < 4.78 is 5.64. The van der Waals surface area contributed by atoms with Gasteiger partial charge in [0.2, 0.25) is 0 Å². The average molecular weight is 381 g/mol. The van der Waals surface area contributed by atoms with Gasteiger partial charge in [-0.1, -0.05) is 18.6 Å². The lowest BCUT2D eigenvalue weighted by Crippen LogP contribution is -2.44. The Hall–Kier alpha value is -2.80. The van der Waals surface area contributed by atoms with Crippen molar-refractivity contribution in [2.75, 3.05) is 19.6 Å². The zero-order valence-corrected chi connectivity index (χ0v) is 16.1. The van der Waals surface area contributed by atoms with E-state index < -0.39 is 0 Å². The topological polar surface area (TPSA) is 86.2 Å². The molecule has 0 radical (unpaired) electrons. The monoisotopic (exact) mass is 381 g/mol. The maximum absolute atomic E-state index is 12.5. The molecule has 2 atom stereocenters. The summed E-state index contributed by atoms with van der Waals surface area (Å²) in [6, 6.07) is 11.4. The van der Waals surface area contributed by atoms with E-state index in [0.717, 1.165) is 35.7 Å². The predicted octanol–water partition coefficient (Wildman–Crippen LogP) is 3.74. The fraction of sp³-hybridized carbons (Fsp3) is 0.429. The summed E-state index contributed by atoms with van der Waals surface area (Å²) in [5, 5.41) is 5.98. The molecular formula is C21H27N5O2. The number of carbonyl (C=O) groups excluding carboxylic acids is 1. The number of aromatic amines is 1. The number of furan rings is 1. The van der Waals surface area contributed by atoms with Gasteiger partial charge in [0.25, 0.3) is 0 Å². The number of nitrogens with zero attached hydrogens (tertiary/aromatic N) is 2. The Morgan fingerprint density at radius 2 is 2.04 bits per heavy atom. The van der Waals surface area contributed by atoms with E-state index in [9.17, 15) is 4.79 Å². The zero-order valence-electron chi connectivity index (χ0n) is 16.1. The molecular weight excluding hydrogens is 354 g/mol. The Morgan fingerprint density at radius 1 is 1.21 bits per heavy atom. The van der Waals surface area contributed by atoms with Crippen LogP contribution >= 0.6 is 0 Å². The normalized spacial score (nSPS) is 17.3. The Bertz CT molecular complexity index is 866. The van der Waals surface area contributed by atoms with Crippen molar-refractivity contribution in [2.24, 2.45) is 0 Å². The first-order chi connectivity index (χ1) is 13.7. The molecule has 0 bridgehead atoms. The highest BCUT2D eigenvalue weighted by Gasteiger charge is 2.25. The van der Waals surface area contributed by atoms with Crippen molar-refractivity contribution >= 4 is 17.1 Å². The number of rotatable bonds is 6. The molecule has 2 unspecified atom stereocenters. The van der Waals surface area contributed by atoms with Gasteiger partial charge in [0.1, 0.15) is 11.6 Å². The van der Waals surface area contributed by atoms with Crippen LogP contribution in [0, 0.1) is 0 Å². The third kappa shape index (κ3) is 4.20. The van der Waals surface area contributed by atoms with Gasteiger partial charge in [-0.2, -0.15) is 0 Å². The second-order valence-electron chi connectivity index (χ2n) is 7.34. The number of urea groups is 1. The molecule has 28 heavy (non-hydrogen) atoms. The second kappa shape index (κ2) is 8.48. The Kier molecular flexibility index (Phi) is 5.62. The summed E-state index contributed by atoms with van der Waals surface area (Å²) in [6.45, 7) is 4.49. The van der Waals surface area contributed by atoms with Crippen LogP contribution in [0.25, 0.3) is 11.0 Å². The minimum Gasteiger partial charge on any atom is -0.468 e. The quantitative estimate of drug-likeness (QED) is 0.607. The number of para-hydroxylation sites is 2. The number of piperidine rings is 1. The lowest BCUT2D eigenvalue weighted by Gasteiger charge is -2.33. The van der Waals surface area contributed by atoms with E-state index in [2.05, 4.69) is 25.5 Å². The molecule has 1 fully saturated rings. The lowest BCUT2D eigenvalue weighted by molar-refractivity contribution is 0.143. The number of nitrogens with one attached hydrogen (secondary N) is 3. The van der Waals surface area contributed by atoms with Gasteiger partial charge < -0.3 is 20.0 Å². The highest BCUT2D eigenvalue weighted by atomic mass is 16.3. The molecule has 4 rings (SSSR count). The van der Waals surface area contributed by atoms with Crippen molar-refractivity contribution in [3.63, 3.8) is 0 Å². The van der Waals surface area contributed by atoms with Crippen LogP contribution in [-0.2, 0) is 0 Å². The summed E-state index contributed by atoms with van der Waals surface area (Å²) in [5.41, 5.74) is 1.86. The van der Waals surface area contributed by atoms with Crippen LogP contribution in [-0.4, -0.2) is 40.5 Å². The number of amides is 2. The van der Waals surface area contributed by atoms with Crippen LogP contribution in [0.15, 0.2) is 47.1 Å². The standard InChI is InChI=1S/C21H27N5O2/c1-15(20-24-16-8-3-4-9-17(16)25-20)23-21(27)22-14-18(19-10-7-13-28-19)26-11-5-2-6-12-26/h3-4,7-10,13,15,18H,2,5-6,11-12,14H2,1H3,(H,24,25)(H2,22,23,27). The maximum atomic E-state index is 12.5. The average Bonchev–Trinajstić information content (AvgIpc) is 3.39. The van der Waals surface area contributed by atoms with E-state index in [4.69, 9.17) is 4.42 Å². The largest absolute Gasteiger partial charge is 0.468 e. The highest BCUT2D eigenvalue weighted by molar-refractivity contribution is 5.76. The maximum Gasteiger partial charge on any atom is 0.315 e. The molecule has 0 spiro atoms. The van der Waals surface area contributed by atoms with Crippen molar-refractivity contribution in [3.8, 4) is 0 Å². The molecule has 1 aliphatic heterocycles. The minimum absolute atomic E-state index is 0.0579. The van der Waals surface area contributed by atoms with Crippen molar-refractivity contribution in [1.82, 2.24) is 25.5 Å². The molecule has 148 valence electrons. The summed E-state index contributed by atoms with van der Waals surface area (Å²) in [7, 11) is 0. The zero-order chi connectivity index (χ0) is 19.3. The molecule has 7 nitrogen and oxygen atoms in total. The van der Waals surface area contributed by atoms with Gasteiger partial charge in [-0.25, -0.2) is 9.78 Å². The van der Waals surface area contributed by atoms with E-state index in [0.29, 0.717) is 6.54 Å². The van der Waals surface area contributed by atoms with Crippen molar-refractivity contribution in [2.45, 2.75) is 38.3 Å². The fourth-order valence-electron chi connectivity index (χ4n) is 3.80. The van der Waals surface area contributed by atoms with Gasteiger partial charge in [-0.05, 0) is 57.1 Å². The Labute approximate surface area is 164 Å². The molecule has 3 heterocycles. The first-order valence-corrected chi connectivity index (χ1v) is 9.97. The van der Waals surface area contributed by atoms with Crippen LogP contribution in [0.1, 0.15) is 49.9 Å². The Morgan fingerprint density at radius 3 is 2.79 bits per heavy atom. The number of imidazole rings is 1. The number of fused-ring (bicyclic) bond motifs is 1. The number of benzene rings is 1. The summed E-state index contributed by atoms with van der Waals surface area (Å²) >= 11 is 0. The van der Waals surface area contributed by atoms with Crippen LogP contribution in [0.3, 0.4) is 0 Å². The molecule has 3 N–H and O–H groups in total. The number of hydrogen-bond donors (Lipinski definition) is 3. The summed E-state index contributed by atoms with van der Waals surface area (Å²) in [6.07, 6.45) is 5.33. The molecule has 3 aromatic rings. The van der Waals surface area contributed by atoms with Crippen molar-refractivity contribution < 1.29 is 9.21 Å². The van der Waals surface area contributed by atoms with Crippen LogP contribution in [0.2, 0.25) is 0 Å². The molecule has 2 aromatic heterocycles. The molecule has 1 saturated heterocycles. The summed E-state index contributed by atoms with van der Waals surface area (Å²) in [4.78, 5) is 22.7. The molecule has 0 aliphatic carbocycles. The summed E-state index contributed by atoms with van der Waals surface area (Å²) in [5.74, 6) is 1.64. The first kappa shape index (κ1) is 18.6. The SMILES string of the molecule is CC(NC(=O)NCC(c1ccco1)N1CCCCC1)c1nc2ccccc2[nH]1. The van der Waals surface area contributed by atoms with Crippen molar-refractivity contribution in [1.29, 1.82) is 0 Å². The van der Waals surface area contributed by atoms with Crippen LogP contribution in [0.5, 0.6) is 0 Å². The number of hydrogen-bond acceptors (Lipinski definition) is 4. The number of carbonyl (C=O) groups is 1. The van der Waals surface area contributed by atoms with E-state index in [1.165, 1.54) is 19.3 Å². The van der Waals surface area contributed by atoms with Gasteiger partial charge in [-0.3, -0.25) is 4.90 Å². The van der Waals surface area contributed by atoms with Gasteiger partial charge in [0.05, 0.1) is 29.4 Å². The number of likely N-dealkylation sites (tertiary alicyclic amines) is 1. The fourth-order valence-corrected chi connectivity index (χ4v) is 3.80.